The number of thiazole rings is 1. The van der Waals surface area contributed by atoms with E-state index in [2.05, 4.69) is 51.7 Å². The van der Waals surface area contributed by atoms with Gasteiger partial charge in [0.2, 0.25) is 5.91 Å². The Hall–Kier alpha value is -2.71. The number of rotatable bonds is 7. The van der Waals surface area contributed by atoms with E-state index in [0.717, 1.165) is 29.7 Å². The third-order valence-corrected chi connectivity index (χ3v) is 5.85. The zero-order valence-electron chi connectivity index (χ0n) is 15.3. The van der Waals surface area contributed by atoms with E-state index in [1.165, 1.54) is 28.7 Å². The number of pyridine rings is 1. The van der Waals surface area contributed by atoms with Crippen molar-refractivity contribution in [1.29, 1.82) is 0 Å². The van der Waals surface area contributed by atoms with Gasteiger partial charge in [-0.3, -0.25) is 9.20 Å². The van der Waals surface area contributed by atoms with E-state index in [1.54, 1.807) is 0 Å². The minimum atomic E-state index is -0.114. The number of nitrogens with zero attached hydrogens (tertiary/aromatic N) is 4. The van der Waals surface area contributed by atoms with Crippen molar-refractivity contribution in [2.75, 3.05) is 11.1 Å². The highest BCUT2D eigenvalue weighted by Gasteiger charge is 2.11. The number of fused-ring (bicyclic) bond motifs is 1. The summed E-state index contributed by atoms with van der Waals surface area (Å²) in [4.78, 5) is 16.8. The van der Waals surface area contributed by atoms with Crippen molar-refractivity contribution in [3.8, 4) is 11.3 Å². The van der Waals surface area contributed by atoms with E-state index >= 15 is 0 Å². The highest BCUT2D eigenvalue weighted by Crippen LogP contribution is 2.26. The van der Waals surface area contributed by atoms with Crippen LogP contribution in [0.2, 0.25) is 0 Å². The number of carbonyl (C=O) groups excluding carboxylic acids is 1. The predicted octanol–water partition coefficient (Wildman–Crippen LogP) is 4.54. The molecule has 1 aromatic carbocycles. The summed E-state index contributed by atoms with van der Waals surface area (Å²) in [6, 6.07) is 14.1. The zero-order chi connectivity index (χ0) is 19.3. The van der Waals surface area contributed by atoms with Gasteiger partial charge in [0, 0.05) is 17.1 Å². The number of aryl methyl sites for hydroxylation is 1. The third kappa shape index (κ3) is 4.23. The largest absolute Gasteiger partial charge is 0.301 e. The molecule has 3 heterocycles. The van der Waals surface area contributed by atoms with Crippen molar-refractivity contribution in [3.05, 3.63) is 59.6 Å². The number of hydrogen-bond acceptors (Lipinski definition) is 6. The molecule has 0 aliphatic carbocycles. The van der Waals surface area contributed by atoms with E-state index < -0.39 is 0 Å². The normalized spacial score (nSPS) is 11.0. The molecule has 0 aliphatic rings. The zero-order valence-corrected chi connectivity index (χ0v) is 17.0. The molecule has 4 aromatic rings. The maximum atomic E-state index is 12.3. The maximum absolute atomic E-state index is 12.3. The summed E-state index contributed by atoms with van der Waals surface area (Å²) in [6.45, 7) is 2.17. The van der Waals surface area contributed by atoms with Crippen LogP contribution in [0, 0.1) is 0 Å². The molecule has 0 aliphatic heterocycles. The van der Waals surface area contributed by atoms with Crippen LogP contribution < -0.4 is 5.32 Å². The first kappa shape index (κ1) is 18.6. The van der Waals surface area contributed by atoms with Crippen LogP contribution in [0.1, 0.15) is 18.9 Å². The minimum absolute atomic E-state index is 0.114. The van der Waals surface area contributed by atoms with Gasteiger partial charge in [0.1, 0.15) is 0 Å². The summed E-state index contributed by atoms with van der Waals surface area (Å²) in [6.07, 6.45) is 4.10. The first-order valence-electron chi connectivity index (χ1n) is 9.00. The molecule has 28 heavy (non-hydrogen) atoms. The van der Waals surface area contributed by atoms with Crippen LogP contribution in [0.15, 0.2) is 59.2 Å². The molecular weight excluding hydrogens is 390 g/mol. The number of amides is 1. The molecule has 0 saturated heterocycles. The molecule has 1 N–H and O–H groups in total. The fourth-order valence-electron chi connectivity index (χ4n) is 2.80. The second kappa shape index (κ2) is 8.53. The smallest absolute Gasteiger partial charge is 0.236 e. The van der Waals surface area contributed by atoms with Gasteiger partial charge in [-0.1, -0.05) is 55.4 Å². The molecule has 0 radical (unpaired) electrons. The Labute approximate surface area is 171 Å². The first-order chi connectivity index (χ1) is 13.7. The Kier molecular flexibility index (Phi) is 5.68. The van der Waals surface area contributed by atoms with Crippen LogP contribution in [0.4, 0.5) is 5.13 Å². The van der Waals surface area contributed by atoms with Gasteiger partial charge in [-0.05, 0) is 24.1 Å². The van der Waals surface area contributed by atoms with Gasteiger partial charge < -0.3 is 5.32 Å². The molecule has 0 spiro atoms. The molecule has 3 aromatic heterocycles. The van der Waals surface area contributed by atoms with Gasteiger partial charge in [-0.25, -0.2) is 4.98 Å². The Morgan fingerprint density at radius 3 is 2.86 bits per heavy atom. The van der Waals surface area contributed by atoms with Crippen LogP contribution in [0.3, 0.4) is 0 Å². The summed E-state index contributed by atoms with van der Waals surface area (Å²) < 4.78 is 1.86. The molecule has 0 unspecified atom stereocenters. The lowest BCUT2D eigenvalue weighted by Crippen LogP contribution is -2.14. The molecule has 0 atom stereocenters. The average Bonchev–Trinajstić information content (AvgIpc) is 3.34. The monoisotopic (exact) mass is 409 g/mol. The summed E-state index contributed by atoms with van der Waals surface area (Å²) >= 11 is 2.78. The average molecular weight is 410 g/mol. The summed E-state index contributed by atoms with van der Waals surface area (Å²) in [5, 5.41) is 14.3. The van der Waals surface area contributed by atoms with Crippen molar-refractivity contribution in [2.45, 2.75) is 24.9 Å². The maximum Gasteiger partial charge on any atom is 0.236 e. The summed E-state index contributed by atoms with van der Waals surface area (Å²) in [5.41, 5.74) is 4.02. The van der Waals surface area contributed by atoms with E-state index in [-0.39, 0.29) is 11.7 Å². The Bertz CT molecular complexity index is 1090. The van der Waals surface area contributed by atoms with Crippen molar-refractivity contribution < 1.29 is 4.79 Å². The summed E-state index contributed by atoms with van der Waals surface area (Å²) in [5.74, 6) is 0.132. The number of benzene rings is 1. The molecule has 0 saturated carbocycles. The topological polar surface area (TPSA) is 72.2 Å². The van der Waals surface area contributed by atoms with Crippen LogP contribution in [0.25, 0.3) is 16.9 Å². The lowest BCUT2D eigenvalue weighted by atomic mass is 10.1. The van der Waals surface area contributed by atoms with E-state index in [4.69, 9.17) is 0 Å². The number of carbonyl (C=O) groups is 1. The number of anilines is 1. The van der Waals surface area contributed by atoms with Gasteiger partial charge in [0.05, 0.1) is 11.4 Å². The quantitative estimate of drug-likeness (QED) is 0.454. The highest BCUT2D eigenvalue weighted by atomic mass is 32.2. The predicted molar refractivity (Wildman–Crippen MR) is 114 cm³/mol. The van der Waals surface area contributed by atoms with Crippen molar-refractivity contribution >= 4 is 39.8 Å². The Morgan fingerprint density at radius 1 is 1.18 bits per heavy atom. The molecule has 1 amide bonds. The molecule has 0 fully saturated rings. The first-order valence-corrected chi connectivity index (χ1v) is 10.9. The van der Waals surface area contributed by atoms with Gasteiger partial charge in [0.15, 0.2) is 15.9 Å². The second-order valence-electron chi connectivity index (χ2n) is 6.23. The lowest BCUT2D eigenvalue weighted by Gasteiger charge is -2.02. The number of nitrogens with one attached hydrogen (secondary N) is 1. The van der Waals surface area contributed by atoms with Crippen LogP contribution >= 0.6 is 23.1 Å². The summed E-state index contributed by atoms with van der Waals surface area (Å²) in [7, 11) is 0. The third-order valence-electron chi connectivity index (χ3n) is 4.15. The lowest BCUT2D eigenvalue weighted by molar-refractivity contribution is -0.113. The van der Waals surface area contributed by atoms with Crippen molar-refractivity contribution in [3.63, 3.8) is 0 Å². The van der Waals surface area contributed by atoms with E-state index in [0.29, 0.717) is 10.3 Å². The van der Waals surface area contributed by atoms with Crippen molar-refractivity contribution in [1.82, 2.24) is 19.6 Å². The standard InChI is InChI=1S/C20H19N5OS2/c1-2-5-14-7-9-15(10-8-14)16-12-27-19(21-16)22-18(26)13-28-20-24-23-17-6-3-4-11-25(17)20/h3-4,6-12H,2,5,13H2,1H3,(H,21,22,26). The van der Waals surface area contributed by atoms with Gasteiger partial charge in [-0.15, -0.1) is 21.5 Å². The molecule has 8 heteroatoms. The Balaban J connectivity index is 1.36. The second-order valence-corrected chi connectivity index (χ2v) is 8.03. The van der Waals surface area contributed by atoms with Gasteiger partial charge >= 0.3 is 0 Å². The van der Waals surface area contributed by atoms with E-state index in [1.807, 2.05) is 34.2 Å². The van der Waals surface area contributed by atoms with Gasteiger partial charge in [0.25, 0.3) is 0 Å². The minimum Gasteiger partial charge on any atom is -0.301 e. The van der Waals surface area contributed by atoms with Gasteiger partial charge in [-0.2, -0.15) is 0 Å². The fraction of sp³-hybridized carbons (Fsp3) is 0.200. The highest BCUT2D eigenvalue weighted by molar-refractivity contribution is 7.99. The van der Waals surface area contributed by atoms with E-state index in [9.17, 15) is 4.79 Å². The Morgan fingerprint density at radius 2 is 2.04 bits per heavy atom. The van der Waals surface area contributed by atoms with Crippen LogP contribution in [0.5, 0.6) is 0 Å². The molecular formula is C20H19N5OS2. The van der Waals surface area contributed by atoms with Crippen LogP contribution in [-0.2, 0) is 11.2 Å². The fourth-order valence-corrected chi connectivity index (χ4v) is 4.26. The SMILES string of the molecule is CCCc1ccc(-c2csc(NC(=O)CSc3nnc4ccccn34)n2)cc1. The number of thioether (sulfide) groups is 1. The van der Waals surface area contributed by atoms with Crippen molar-refractivity contribution in [2.24, 2.45) is 0 Å². The molecule has 4 rings (SSSR count). The molecule has 142 valence electrons. The number of hydrogen-bond donors (Lipinski definition) is 1. The molecule has 0 bridgehead atoms. The number of aromatic nitrogens is 4. The molecule has 6 nitrogen and oxygen atoms in total. The van der Waals surface area contributed by atoms with Crippen LogP contribution in [-0.4, -0.2) is 31.2 Å².